The van der Waals surface area contributed by atoms with Crippen LogP contribution in [0.3, 0.4) is 0 Å². The Morgan fingerprint density at radius 2 is 2.08 bits per heavy atom. The predicted octanol–water partition coefficient (Wildman–Crippen LogP) is 3.46. The molecule has 0 saturated heterocycles. The van der Waals surface area contributed by atoms with Crippen LogP contribution in [-0.2, 0) is 0 Å². The van der Waals surface area contributed by atoms with Crippen molar-refractivity contribution in [2.45, 2.75) is 13.8 Å². The quantitative estimate of drug-likeness (QED) is 0.514. The number of allylic oxidation sites excluding steroid dienone is 7. The average Bonchev–Trinajstić information content (AvgIpc) is 1.95. The zero-order chi connectivity index (χ0) is 8.97. The maximum atomic E-state index is 3.86. The highest BCUT2D eigenvalue weighted by molar-refractivity contribution is 5.38. The first-order valence-electron chi connectivity index (χ1n) is 4.28. The fourth-order valence-corrected chi connectivity index (χ4v) is 1.06. The van der Waals surface area contributed by atoms with Gasteiger partial charge in [-0.2, -0.15) is 30.2 Å². The summed E-state index contributed by atoms with van der Waals surface area (Å²) in [5.41, 5.74) is 2.40. The molecule has 1 aliphatic carbocycles. The van der Waals surface area contributed by atoms with E-state index in [1.54, 1.807) is 0 Å². The Morgan fingerprint density at radius 3 is 2.75 bits per heavy atom. The van der Waals surface area contributed by atoms with Crippen molar-refractivity contribution in [3.8, 4) is 0 Å². The second-order valence-corrected chi connectivity index (χ2v) is 3.28. The Kier molecular flexibility index (Phi) is 2.98. The van der Waals surface area contributed by atoms with E-state index in [2.05, 4.69) is 45.1 Å². The van der Waals surface area contributed by atoms with Gasteiger partial charge in [0.25, 0.3) is 0 Å². The normalized spacial score (nSPS) is 23.9. The van der Waals surface area contributed by atoms with Gasteiger partial charge in [-0.05, 0) is 5.92 Å². The SMILES string of the molecule is C=C1C=C[CH-]/C(C(C)C)=C\C=C/1. The smallest absolute Gasteiger partial charge is 0.0443 e. The van der Waals surface area contributed by atoms with Crippen LogP contribution in [0.15, 0.2) is 48.1 Å². The van der Waals surface area contributed by atoms with Gasteiger partial charge in [-0.15, -0.1) is 12.7 Å². The molecule has 0 atom stereocenters. The standard InChI is InChI=1S/C12H15/c1-10(2)12-8-4-6-11(3)7-5-9-12/h4-10H,3H2,1-2H3/q-1/b6-4-,7-5?,12-8+. The Bertz CT molecular complexity index is 249. The highest BCUT2D eigenvalue weighted by Crippen LogP contribution is 2.16. The Morgan fingerprint density at radius 1 is 1.33 bits per heavy atom. The van der Waals surface area contributed by atoms with Crippen molar-refractivity contribution in [3.05, 3.63) is 54.5 Å². The van der Waals surface area contributed by atoms with Crippen molar-refractivity contribution in [1.29, 1.82) is 0 Å². The van der Waals surface area contributed by atoms with Crippen LogP contribution >= 0.6 is 0 Å². The molecule has 0 aliphatic heterocycles. The highest BCUT2D eigenvalue weighted by Gasteiger charge is 1.93. The van der Waals surface area contributed by atoms with E-state index in [0.29, 0.717) is 5.92 Å². The molecular formula is C12H15-. The van der Waals surface area contributed by atoms with Crippen molar-refractivity contribution in [2.75, 3.05) is 0 Å². The molecule has 0 aromatic carbocycles. The van der Waals surface area contributed by atoms with Gasteiger partial charge in [0.1, 0.15) is 0 Å². The van der Waals surface area contributed by atoms with Crippen molar-refractivity contribution >= 4 is 0 Å². The molecule has 0 spiro atoms. The average molecular weight is 159 g/mol. The van der Waals surface area contributed by atoms with Crippen LogP contribution < -0.4 is 0 Å². The first-order valence-corrected chi connectivity index (χ1v) is 4.28. The lowest BCUT2D eigenvalue weighted by Gasteiger charge is -2.16. The van der Waals surface area contributed by atoms with Gasteiger partial charge >= 0.3 is 0 Å². The summed E-state index contributed by atoms with van der Waals surface area (Å²) in [6.45, 7) is 8.25. The molecular weight excluding hydrogens is 144 g/mol. The van der Waals surface area contributed by atoms with Gasteiger partial charge < -0.3 is 0 Å². The zero-order valence-electron chi connectivity index (χ0n) is 7.75. The third-order valence-corrected chi connectivity index (χ3v) is 1.86. The van der Waals surface area contributed by atoms with Gasteiger partial charge in [-0.3, -0.25) is 0 Å². The van der Waals surface area contributed by atoms with Crippen LogP contribution in [-0.4, -0.2) is 0 Å². The van der Waals surface area contributed by atoms with E-state index in [9.17, 15) is 0 Å². The fraction of sp³-hybridized carbons (Fsp3) is 0.250. The minimum absolute atomic E-state index is 0.589. The van der Waals surface area contributed by atoms with E-state index in [0.717, 1.165) is 5.57 Å². The number of rotatable bonds is 1. The number of hydrogen-bond acceptors (Lipinski definition) is 0. The topological polar surface area (TPSA) is 0 Å². The molecule has 0 N–H and O–H groups in total. The highest BCUT2D eigenvalue weighted by atomic mass is 14.1. The van der Waals surface area contributed by atoms with Gasteiger partial charge in [0.2, 0.25) is 0 Å². The fourth-order valence-electron chi connectivity index (χ4n) is 1.06. The van der Waals surface area contributed by atoms with E-state index in [1.165, 1.54) is 5.57 Å². The molecule has 1 rings (SSSR count). The molecule has 0 nitrogen and oxygen atoms in total. The van der Waals surface area contributed by atoms with E-state index in [4.69, 9.17) is 0 Å². The van der Waals surface area contributed by atoms with E-state index in [1.807, 2.05) is 12.2 Å². The Hall–Kier alpha value is -1.17. The summed E-state index contributed by atoms with van der Waals surface area (Å²) in [6.07, 6.45) is 12.4. The van der Waals surface area contributed by atoms with Crippen molar-refractivity contribution in [1.82, 2.24) is 0 Å². The van der Waals surface area contributed by atoms with E-state index >= 15 is 0 Å². The molecule has 12 heavy (non-hydrogen) atoms. The first kappa shape index (κ1) is 8.92. The van der Waals surface area contributed by atoms with Crippen molar-refractivity contribution in [3.63, 3.8) is 0 Å². The van der Waals surface area contributed by atoms with Crippen LogP contribution in [0.25, 0.3) is 0 Å². The van der Waals surface area contributed by atoms with Crippen LogP contribution in [0.2, 0.25) is 0 Å². The molecule has 0 radical (unpaired) electrons. The van der Waals surface area contributed by atoms with Crippen LogP contribution in [0.1, 0.15) is 13.8 Å². The van der Waals surface area contributed by atoms with Gasteiger partial charge in [0.15, 0.2) is 0 Å². The molecule has 0 aromatic rings. The van der Waals surface area contributed by atoms with Crippen molar-refractivity contribution < 1.29 is 0 Å². The number of hydrogen-bond donors (Lipinski definition) is 0. The van der Waals surface area contributed by atoms with E-state index < -0.39 is 0 Å². The van der Waals surface area contributed by atoms with E-state index in [-0.39, 0.29) is 0 Å². The van der Waals surface area contributed by atoms with Gasteiger partial charge in [-0.1, -0.05) is 25.5 Å². The second kappa shape index (κ2) is 4.01. The maximum Gasteiger partial charge on any atom is -0.0443 e. The molecule has 64 valence electrons. The minimum atomic E-state index is 0.589. The summed E-state index contributed by atoms with van der Waals surface area (Å²) < 4.78 is 0. The largest absolute Gasteiger partial charge is 0.171 e. The summed E-state index contributed by atoms with van der Waals surface area (Å²) in [7, 11) is 0. The summed E-state index contributed by atoms with van der Waals surface area (Å²) in [4.78, 5) is 0. The summed E-state index contributed by atoms with van der Waals surface area (Å²) in [5, 5.41) is 0. The van der Waals surface area contributed by atoms with Crippen LogP contribution in [0, 0.1) is 12.3 Å². The minimum Gasteiger partial charge on any atom is -0.171 e. The predicted molar refractivity (Wildman–Crippen MR) is 54.6 cm³/mol. The Balaban J connectivity index is 2.80. The van der Waals surface area contributed by atoms with Gasteiger partial charge in [-0.25, -0.2) is 0 Å². The van der Waals surface area contributed by atoms with Gasteiger partial charge in [0, 0.05) is 0 Å². The molecule has 0 aromatic heterocycles. The third-order valence-electron chi connectivity index (χ3n) is 1.86. The summed E-state index contributed by atoms with van der Waals surface area (Å²) in [6, 6.07) is 0. The van der Waals surface area contributed by atoms with Crippen molar-refractivity contribution in [2.24, 2.45) is 5.92 Å². The molecule has 0 unspecified atom stereocenters. The van der Waals surface area contributed by atoms with Crippen LogP contribution in [0.5, 0.6) is 0 Å². The first-order chi connectivity index (χ1) is 5.70. The molecule has 0 amide bonds. The van der Waals surface area contributed by atoms with Crippen LogP contribution in [0.4, 0.5) is 0 Å². The third kappa shape index (κ3) is 2.46. The molecule has 0 saturated carbocycles. The zero-order valence-corrected chi connectivity index (χ0v) is 7.75. The molecule has 0 heterocycles. The lowest BCUT2D eigenvalue weighted by molar-refractivity contribution is 0.781. The lowest BCUT2D eigenvalue weighted by atomic mass is 9.97. The Labute approximate surface area is 75.0 Å². The molecule has 0 heteroatoms. The summed E-state index contributed by atoms with van der Waals surface area (Å²) in [5.74, 6) is 0.589. The monoisotopic (exact) mass is 159 g/mol. The molecule has 0 bridgehead atoms. The molecule has 1 aliphatic rings. The van der Waals surface area contributed by atoms with Gasteiger partial charge in [0.05, 0.1) is 0 Å². The maximum absolute atomic E-state index is 3.86. The molecule has 0 fully saturated rings. The lowest BCUT2D eigenvalue weighted by Crippen LogP contribution is -1.93. The summed E-state index contributed by atoms with van der Waals surface area (Å²) >= 11 is 0. The second-order valence-electron chi connectivity index (χ2n) is 3.28.